The van der Waals surface area contributed by atoms with Gasteiger partial charge in [-0.3, -0.25) is 4.79 Å². The van der Waals surface area contributed by atoms with Crippen LogP contribution in [0.4, 0.5) is 13.2 Å². The van der Waals surface area contributed by atoms with Crippen LogP contribution in [0.1, 0.15) is 41.6 Å². The minimum absolute atomic E-state index is 0.100. The van der Waals surface area contributed by atoms with Crippen LogP contribution in [0.5, 0.6) is 0 Å². The van der Waals surface area contributed by atoms with E-state index in [1.165, 1.54) is 18.2 Å². The van der Waals surface area contributed by atoms with E-state index in [-0.39, 0.29) is 16.9 Å². The Bertz CT molecular complexity index is 504. The molecule has 0 heterocycles. The highest BCUT2D eigenvalue weighted by molar-refractivity contribution is 6.20. The molecule has 0 spiro atoms. The van der Waals surface area contributed by atoms with Gasteiger partial charge in [0.1, 0.15) is 0 Å². The van der Waals surface area contributed by atoms with Crippen molar-refractivity contribution in [3.05, 3.63) is 35.4 Å². The maximum Gasteiger partial charge on any atom is 0.417 e. The lowest BCUT2D eigenvalue weighted by Gasteiger charge is -2.25. The van der Waals surface area contributed by atoms with Crippen LogP contribution in [0.25, 0.3) is 0 Å². The van der Waals surface area contributed by atoms with Crippen molar-refractivity contribution in [3.8, 4) is 0 Å². The quantitative estimate of drug-likeness (QED) is 0.830. The molecule has 2 rings (SSSR count). The Kier molecular flexibility index (Phi) is 5.14. The van der Waals surface area contributed by atoms with Crippen LogP contribution in [0, 0.1) is 5.92 Å². The summed E-state index contributed by atoms with van der Waals surface area (Å²) in [6.45, 7) is 0.369. The highest BCUT2D eigenvalue weighted by atomic mass is 35.5. The summed E-state index contributed by atoms with van der Waals surface area (Å²) in [5, 5.41) is 2.70. The maximum absolute atomic E-state index is 12.9. The molecular formula is C15H17ClF3NO. The van der Waals surface area contributed by atoms with Crippen LogP contribution in [-0.2, 0) is 6.18 Å². The smallest absolute Gasteiger partial charge is 0.352 e. The van der Waals surface area contributed by atoms with Gasteiger partial charge in [0, 0.05) is 11.9 Å². The highest BCUT2D eigenvalue weighted by Crippen LogP contribution is 2.32. The molecular weight excluding hydrogens is 303 g/mol. The van der Waals surface area contributed by atoms with Crippen molar-refractivity contribution in [1.82, 2.24) is 5.32 Å². The first-order chi connectivity index (χ1) is 9.88. The lowest BCUT2D eigenvalue weighted by atomic mass is 9.89. The van der Waals surface area contributed by atoms with E-state index >= 15 is 0 Å². The number of rotatable bonds is 3. The zero-order valence-corrected chi connectivity index (χ0v) is 12.2. The van der Waals surface area contributed by atoms with Crippen LogP contribution >= 0.6 is 11.6 Å². The summed E-state index contributed by atoms with van der Waals surface area (Å²) in [7, 11) is 0. The normalized spacial score (nSPS) is 22.9. The van der Waals surface area contributed by atoms with E-state index in [1.54, 1.807) is 0 Å². The number of hydrogen-bond donors (Lipinski definition) is 1. The zero-order valence-electron chi connectivity index (χ0n) is 11.4. The number of carbonyl (C=O) groups excluding carboxylic acids is 1. The lowest BCUT2D eigenvalue weighted by molar-refractivity contribution is -0.137. The molecule has 0 aromatic heterocycles. The van der Waals surface area contributed by atoms with Gasteiger partial charge >= 0.3 is 6.18 Å². The van der Waals surface area contributed by atoms with Crippen LogP contribution < -0.4 is 5.32 Å². The molecule has 2 atom stereocenters. The number of carbonyl (C=O) groups is 1. The van der Waals surface area contributed by atoms with Crippen LogP contribution in [0.3, 0.4) is 0 Å². The predicted molar refractivity (Wildman–Crippen MR) is 75.4 cm³/mol. The highest BCUT2D eigenvalue weighted by Gasteiger charge is 2.34. The number of amides is 1. The Labute approximate surface area is 126 Å². The average molecular weight is 320 g/mol. The summed E-state index contributed by atoms with van der Waals surface area (Å²) < 4.78 is 38.6. The molecule has 116 valence electrons. The fraction of sp³-hybridized carbons (Fsp3) is 0.533. The molecule has 1 aromatic carbocycles. The second-order valence-electron chi connectivity index (χ2n) is 5.38. The summed E-state index contributed by atoms with van der Waals surface area (Å²) >= 11 is 6.07. The van der Waals surface area contributed by atoms with Gasteiger partial charge in [0.15, 0.2) is 0 Å². The van der Waals surface area contributed by atoms with Crippen molar-refractivity contribution in [1.29, 1.82) is 0 Å². The Morgan fingerprint density at radius 3 is 2.67 bits per heavy atom. The van der Waals surface area contributed by atoms with Crippen molar-refractivity contribution in [2.45, 2.75) is 37.2 Å². The topological polar surface area (TPSA) is 29.1 Å². The minimum Gasteiger partial charge on any atom is -0.352 e. The summed E-state index contributed by atoms with van der Waals surface area (Å²) in [5.74, 6) is -0.442. The van der Waals surface area contributed by atoms with E-state index in [2.05, 4.69) is 5.32 Å². The monoisotopic (exact) mass is 319 g/mol. The van der Waals surface area contributed by atoms with E-state index in [1.807, 2.05) is 0 Å². The van der Waals surface area contributed by atoms with Gasteiger partial charge in [0.05, 0.1) is 11.1 Å². The molecule has 6 heteroatoms. The SMILES string of the molecule is O=C(NCC1CCCC(Cl)C1)c1ccccc1C(F)(F)F. The molecule has 21 heavy (non-hydrogen) atoms. The van der Waals surface area contributed by atoms with Gasteiger partial charge in [-0.1, -0.05) is 18.6 Å². The standard InChI is InChI=1S/C15H17ClF3NO/c16-11-5-3-4-10(8-11)9-20-14(21)12-6-1-2-7-13(12)15(17,18)19/h1-2,6-7,10-11H,3-5,8-9H2,(H,20,21). The van der Waals surface area contributed by atoms with E-state index in [4.69, 9.17) is 11.6 Å². The summed E-state index contributed by atoms with van der Waals surface area (Å²) in [5.41, 5.74) is -1.23. The zero-order chi connectivity index (χ0) is 15.5. The van der Waals surface area contributed by atoms with Gasteiger partial charge in [-0.05, 0) is 37.3 Å². The third-order valence-corrected chi connectivity index (χ3v) is 4.14. The number of benzene rings is 1. The minimum atomic E-state index is -4.53. The van der Waals surface area contributed by atoms with Crippen molar-refractivity contribution >= 4 is 17.5 Å². The van der Waals surface area contributed by atoms with Gasteiger partial charge in [-0.25, -0.2) is 0 Å². The van der Waals surface area contributed by atoms with Crippen molar-refractivity contribution in [2.24, 2.45) is 5.92 Å². The van der Waals surface area contributed by atoms with Gasteiger partial charge in [-0.15, -0.1) is 11.6 Å². The Morgan fingerprint density at radius 2 is 2.00 bits per heavy atom. The molecule has 1 aliphatic rings. The van der Waals surface area contributed by atoms with Gasteiger partial charge in [-0.2, -0.15) is 13.2 Å². The van der Waals surface area contributed by atoms with Gasteiger partial charge in [0.25, 0.3) is 5.91 Å². The second kappa shape index (κ2) is 6.69. The first-order valence-electron chi connectivity index (χ1n) is 6.96. The van der Waals surface area contributed by atoms with Crippen LogP contribution in [-0.4, -0.2) is 17.8 Å². The first kappa shape index (κ1) is 16.1. The van der Waals surface area contributed by atoms with E-state index in [0.29, 0.717) is 6.54 Å². The number of nitrogens with one attached hydrogen (secondary N) is 1. The fourth-order valence-corrected chi connectivity index (χ4v) is 3.08. The maximum atomic E-state index is 12.9. The number of halogens is 4. The third-order valence-electron chi connectivity index (χ3n) is 3.75. The Morgan fingerprint density at radius 1 is 1.29 bits per heavy atom. The molecule has 0 saturated heterocycles. The summed E-state index contributed by atoms with van der Waals surface area (Å²) in [4.78, 5) is 12.0. The summed E-state index contributed by atoms with van der Waals surface area (Å²) in [6, 6.07) is 4.83. The van der Waals surface area contributed by atoms with Crippen LogP contribution in [0.15, 0.2) is 24.3 Å². The third kappa shape index (κ3) is 4.37. The fourth-order valence-electron chi connectivity index (χ4n) is 2.67. The molecule has 1 aromatic rings. The molecule has 1 fully saturated rings. The van der Waals surface area contributed by atoms with E-state index in [9.17, 15) is 18.0 Å². The molecule has 1 N–H and O–H groups in total. The van der Waals surface area contributed by atoms with E-state index in [0.717, 1.165) is 31.7 Å². The molecule has 2 unspecified atom stereocenters. The van der Waals surface area contributed by atoms with Gasteiger partial charge < -0.3 is 5.32 Å². The number of hydrogen-bond acceptors (Lipinski definition) is 1. The molecule has 1 aliphatic carbocycles. The largest absolute Gasteiger partial charge is 0.417 e. The summed E-state index contributed by atoms with van der Waals surface area (Å²) in [6.07, 6.45) is -0.829. The molecule has 1 amide bonds. The van der Waals surface area contributed by atoms with Crippen molar-refractivity contribution in [3.63, 3.8) is 0 Å². The first-order valence-corrected chi connectivity index (χ1v) is 7.40. The molecule has 0 aliphatic heterocycles. The molecule has 0 radical (unpaired) electrons. The Balaban J connectivity index is 2.01. The second-order valence-corrected chi connectivity index (χ2v) is 6.00. The molecule has 2 nitrogen and oxygen atoms in total. The molecule has 0 bridgehead atoms. The van der Waals surface area contributed by atoms with Gasteiger partial charge in [0.2, 0.25) is 0 Å². The Hall–Kier alpha value is -1.23. The number of alkyl halides is 4. The average Bonchev–Trinajstić information content (AvgIpc) is 2.44. The predicted octanol–water partition coefficient (Wildman–Crippen LogP) is 4.23. The van der Waals surface area contributed by atoms with E-state index < -0.39 is 17.6 Å². The van der Waals surface area contributed by atoms with Crippen molar-refractivity contribution in [2.75, 3.05) is 6.54 Å². The molecule has 1 saturated carbocycles. The lowest BCUT2D eigenvalue weighted by Crippen LogP contribution is -2.33. The van der Waals surface area contributed by atoms with Crippen LogP contribution in [0.2, 0.25) is 0 Å². The van der Waals surface area contributed by atoms with Crippen molar-refractivity contribution < 1.29 is 18.0 Å².